The maximum Gasteiger partial charge on any atom is 0.416 e. The first-order chi connectivity index (χ1) is 12.2. The summed E-state index contributed by atoms with van der Waals surface area (Å²) in [5.41, 5.74) is -0.428. The van der Waals surface area contributed by atoms with E-state index in [4.69, 9.17) is 0 Å². The van der Waals surface area contributed by atoms with Crippen molar-refractivity contribution in [3.05, 3.63) is 65.5 Å². The molecule has 0 saturated heterocycles. The highest BCUT2D eigenvalue weighted by Crippen LogP contribution is 2.29. The highest BCUT2D eigenvalue weighted by Gasteiger charge is 2.30. The number of hydrogen-bond donors (Lipinski definition) is 1. The minimum Gasteiger partial charge on any atom is -0.350 e. The van der Waals surface area contributed by atoms with Gasteiger partial charge in [0, 0.05) is 31.3 Å². The summed E-state index contributed by atoms with van der Waals surface area (Å²) in [4.78, 5) is 25.0. The van der Waals surface area contributed by atoms with E-state index >= 15 is 0 Å². The molecular formula is C18H16F4N2O2. The number of halogens is 4. The van der Waals surface area contributed by atoms with E-state index in [0.717, 1.165) is 24.3 Å². The fraction of sp³-hybridized carbons (Fsp3) is 0.222. The lowest BCUT2D eigenvalue weighted by molar-refractivity contribution is -0.137. The largest absolute Gasteiger partial charge is 0.416 e. The van der Waals surface area contributed by atoms with Gasteiger partial charge in [-0.25, -0.2) is 4.39 Å². The molecule has 0 atom stereocenters. The predicted octanol–water partition coefficient (Wildman–Crippen LogP) is 3.63. The van der Waals surface area contributed by atoms with Crippen LogP contribution in [0.25, 0.3) is 0 Å². The van der Waals surface area contributed by atoms with E-state index in [0.29, 0.717) is 5.69 Å². The number of benzene rings is 2. The number of carbonyl (C=O) groups is 2. The van der Waals surface area contributed by atoms with Crippen LogP contribution in [0.2, 0.25) is 0 Å². The highest BCUT2D eigenvalue weighted by atomic mass is 19.4. The van der Waals surface area contributed by atoms with Crippen LogP contribution in [0.15, 0.2) is 48.5 Å². The van der Waals surface area contributed by atoms with Crippen LogP contribution in [-0.4, -0.2) is 24.9 Å². The van der Waals surface area contributed by atoms with Gasteiger partial charge in [0.05, 0.1) is 5.56 Å². The average molecular weight is 368 g/mol. The molecule has 0 unspecified atom stereocenters. The third-order valence-electron chi connectivity index (χ3n) is 3.60. The van der Waals surface area contributed by atoms with Gasteiger partial charge in [0.2, 0.25) is 5.91 Å². The van der Waals surface area contributed by atoms with Crippen LogP contribution in [0, 0.1) is 5.82 Å². The van der Waals surface area contributed by atoms with Crippen LogP contribution >= 0.6 is 0 Å². The van der Waals surface area contributed by atoms with Crippen molar-refractivity contribution >= 4 is 17.5 Å². The molecule has 0 bridgehead atoms. The molecule has 0 aromatic heterocycles. The topological polar surface area (TPSA) is 49.4 Å². The molecule has 0 saturated carbocycles. The van der Waals surface area contributed by atoms with Gasteiger partial charge in [-0.2, -0.15) is 13.2 Å². The maximum absolute atomic E-state index is 13.3. The number of alkyl halides is 3. The molecule has 0 aliphatic rings. The Morgan fingerprint density at radius 2 is 1.73 bits per heavy atom. The number of amides is 2. The molecule has 0 heterocycles. The van der Waals surface area contributed by atoms with Crippen molar-refractivity contribution in [1.29, 1.82) is 0 Å². The lowest BCUT2D eigenvalue weighted by atomic mass is 10.1. The van der Waals surface area contributed by atoms with Gasteiger partial charge in [-0.3, -0.25) is 9.59 Å². The number of hydrogen-bond acceptors (Lipinski definition) is 2. The Bertz CT molecular complexity index is 789. The van der Waals surface area contributed by atoms with E-state index in [2.05, 4.69) is 5.32 Å². The van der Waals surface area contributed by atoms with Gasteiger partial charge < -0.3 is 10.2 Å². The number of nitrogens with one attached hydrogen (secondary N) is 1. The number of nitrogens with zero attached hydrogens (tertiary/aromatic N) is 1. The van der Waals surface area contributed by atoms with Crippen molar-refractivity contribution in [1.82, 2.24) is 5.32 Å². The Hall–Kier alpha value is -2.90. The summed E-state index contributed by atoms with van der Waals surface area (Å²) in [6.07, 6.45) is -4.47. The molecule has 0 aliphatic heterocycles. The fourth-order valence-corrected chi connectivity index (χ4v) is 2.31. The molecule has 0 radical (unpaired) electrons. The highest BCUT2D eigenvalue weighted by molar-refractivity contribution is 5.94. The zero-order chi connectivity index (χ0) is 19.3. The fourth-order valence-electron chi connectivity index (χ4n) is 2.31. The van der Waals surface area contributed by atoms with Crippen LogP contribution in [0.4, 0.5) is 23.2 Å². The van der Waals surface area contributed by atoms with Crippen LogP contribution in [-0.2, 0) is 11.0 Å². The molecule has 2 aromatic rings. The van der Waals surface area contributed by atoms with E-state index in [1.165, 1.54) is 30.0 Å². The lowest BCUT2D eigenvalue weighted by Crippen LogP contribution is -2.37. The summed E-state index contributed by atoms with van der Waals surface area (Å²) in [6, 6.07) is 9.25. The molecule has 2 aromatic carbocycles. The van der Waals surface area contributed by atoms with Crippen LogP contribution < -0.4 is 10.2 Å². The lowest BCUT2D eigenvalue weighted by Gasteiger charge is -2.21. The van der Waals surface area contributed by atoms with Crippen molar-refractivity contribution in [3.63, 3.8) is 0 Å². The van der Waals surface area contributed by atoms with Gasteiger partial charge in [0.15, 0.2) is 0 Å². The first-order valence-corrected chi connectivity index (χ1v) is 7.67. The molecule has 0 aliphatic carbocycles. The molecule has 2 rings (SSSR count). The van der Waals surface area contributed by atoms with E-state index in [-0.39, 0.29) is 24.6 Å². The molecule has 4 nitrogen and oxygen atoms in total. The Labute approximate surface area is 147 Å². The molecule has 2 amide bonds. The van der Waals surface area contributed by atoms with Gasteiger partial charge >= 0.3 is 6.18 Å². The summed E-state index contributed by atoms with van der Waals surface area (Å²) >= 11 is 0. The molecule has 138 valence electrons. The normalized spacial score (nSPS) is 11.1. The molecule has 0 spiro atoms. The van der Waals surface area contributed by atoms with Crippen LogP contribution in [0.1, 0.15) is 22.8 Å². The van der Waals surface area contributed by atoms with Gasteiger partial charge in [0.25, 0.3) is 5.91 Å². The van der Waals surface area contributed by atoms with Crippen LogP contribution in [0.5, 0.6) is 0 Å². The van der Waals surface area contributed by atoms with Gasteiger partial charge in [0.1, 0.15) is 5.82 Å². The zero-order valence-corrected chi connectivity index (χ0v) is 13.8. The van der Waals surface area contributed by atoms with E-state index in [1.807, 2.05) is 0 Å². The molecule has 1 N–H and O–H groups in total. The first-order valence-electron chi connectivity index (χ1n) is 7.67. The summed E-state index contributed by atoms with van der Waals surface area (Å²) in [6.45, 7) is 1.45. The Morgan fingerprint density at radius 3 is 2.27 bits per heavy atom. The second-order valence-corrected chi connectivity index (χ2v) is 5.48. The monoisotopic (exact) mass is 368 g/mol. The maximum atomic E-state index is 13.3. The number of rotatable bonds is 5. The van der Waals surface area contributed by atoms with Gasteiger partial charge in [-0.1, -0.05) is 6.07 Å². The third kappa shape index (κ3) is 5.05. The second kappa shape index (κ2) is 7.99. The van der Waals surface area contributed by atoms with Crippen molar-refractivity contribution in [2.75, 3.05) is 18.0 Å². The first kappa shape index (κ1) is 19.4. The summed E-state index contributed by atoms with van der Waals surface area (Å²) < 4.78 is 50.8. The zero-order valence-electron chi connectivity index (χ0n) is 13.8. The van der Waals surface area contributed by atoms with Crippen LogP contribution in [0.3, 0.4) is 0 Å². The molecular weight excluding hydrogens is 352 g/mol. The minimum atomic E-state index is -4.47. The predicted molar refractivity (Wildman–Crippen MR) is 88.2 cm³/mol. The van der Waals surface area contributed by atoms with Crippen molar-refractivity contribution in [2.45, 2.75) is 13.1 Å². The average Bonchev–Trinajstić information content (AvgIpc) is 2.57. The number of anilines is 1. The summed E-state index contributed by atoms with van der Waals surface area (Å²) in [5, 5.41) is 2.52. The van der Waals surface area contributed by atoms with E-state index in [1.54, 1.807) is 6.07 Å². The molecule has 0 fully saturated rings. The van der Waals surface area contributed by atoms with Gasteiger partial charge in [-0.15, -0.1) is 0 Å². The Morgan fingerprint density at radius 1 is 1.08 bits per heavy atom. The Kier molecular flexibility index (Phi) is 5.97. The standard InChI is InChI=1S/C18H16F4N2O2/c1-12(25)24(16-4-2-3-15(19)11-16)10-9-23-17(26)13-5-7-14(8-6-13)18(20,21)22/h2-8,11H,9-10H2,1H3,(H,23,26). The van der Waals surface area contributed by atoms with E-state index in [9.17, 15) is 27.2 Å². The van der Waals surface area contributed by atoms with Crippen molar-refractivity contribution < 1.29 is 27.2 Å². The minimum absolute atomic E-state index is 0.0515. The van der Waals surface area contributed by atoms with Crippen molar-refractivity contribution in [2.24, 2.45) is 0 Å². The third-order valence-corrected chi connectivity index (χ3v) is 3.60. The molecule has 8 heteroatoms. The SMILES string of the molecule is CC(=O)N(CCNC(=O)c1ccc(C(F)(F)F)cc1)c1cccc(F)c1. The summed E-state index contributed by atoms with van der Waals surface area (Å²) in [5.74, 6) is -1.40. The second-order valence-electron chi connectivity index (χ2n) is 5.48. The number of carbonyl (C=O) groups excluding carboxylic acids is 2. The van der Waals surface area contributed by atoms with Crippen molar-refractivity contribution in [3.8, 4) is 0 Å². The smallest absolute Gasteiger partial charge is 0.350 e. The van der Waals surface area contributed by atoms with Gasteiger partial charge in [-0.05, 0) is 42.5 Å². The Balaban J connectivity index is 1.97. The van der Waals surface area contributed by atoms with E-state index < -0.39 is 23.5 Å². The summed E-state index contributed by atoms with van der Waals surface area (Å²) in [7, 11) is 0. The molecule has 26 heavy (non-hydrogen) atoms. The quantitative estimate of drug-likeness (QED) is 0.820.